The van der Waals surface area contributed by atoms with Crippen LogP contribution in [0, 0.1) is 10.1 Å². The fourth-order valence-electron chi connectivity index (χ4n) is 3.31. The lowest BCUT2D eigenvalue weighted by atomic mass is 9.82. The van der Waals surface area contributed by atoms with Gasteiger partial charge in [-0.3, -0.25) is 19.7 Å². The van der Waals surface area contributed by atoms with Crippen LogP contribution < -0.4 is 10.2 Å². The van der Waals surface area contributed by atoms with Crippen molar-refractivity contribution in [1.82, 2.24) is 5.32 Å². The van der Waals surface area contributed by atoms with Crippen molar-refractivity contribution >= 4 is 23.1 Å². The number of anilines is 1. The summed E-state index contributed by atoms with van der Waals surface area (Å²) in [6, 6.07) is 5.64. The van der Waals surface area contributed by atoms with Crippen LogP contribution in [-0.2, 0) is 9.59 Å². The molecule has 0 saturated carbocycles. The van der Waals surface area contributed by atoms with E-state index in [1.807, 2.05) is 0 Å². The summed E-state index contributed by atoms with van der Waals surface area (Å²) in [7, 11) is 0. The Kier molecular flexibility index (Phi) is 6.62. The monoisotopic (exact) mass is 441 g/mol. The van der Waals surface area contributed by atoms with Gasteiger partial charge in [0.25, 0.3) is 5.69 Å². The van der Waals surface area contributed by atoms with Gasteiger partial charge >= 0.3 is 18.3 Å². The molecule has 1 aliphatic rings. The minimum absolute atomic E-state index is 0.0663. The number of hydrogen-bond acceptors (Lipinski definition) is 5. The number of benzene rings is 1. The second-order valence-corrected chi connectivity index (χ2v) is 6.89. The minimum Gasteiger partial charge on any atom is -0.366 e. The molecule has 166 valence electrons. The van der Waals surface area contributed by atoms with Gasteiger partial charge in [-0.05, 0) is 25.3 Å². The quantitative estimate of drug-likeness (QED) is 0.414. The summed E-state index contributed by atoms with van der Waals surface area (Å²) in [4.78, 5) is 34.7. The Balaban J connectivity index is 2.21. The Morgan fingerprint density at radius 3 is 2.13 bits per heavy atom. The third-order valence-corrected chi connectivity index (χ3v) is 4.92. The first kappa shape index (κ1) is 23.4. The molecule has 1 amide bonds. The second-order valence-electron chi connectivity index (χ2n) is 6.89. The highest BCUT2D eigenvalue weighted by molar-refractivity contribution is 5.85. The number of para-hydroxylation sites is 2. The first-order valence-corrected chi connectivity index (χ1v) is 8.73. The van der Waals surface area contributed by atoms with E-state index in [-0.39, 0.29) is 37.3 Å². The lowest BCUT2D eigenvalue weighted by Gasteiger charge is -2.43. The van der Waals surface area contributed by atoms with Crippen LogP contribution in [0.3, 0.4) is 0 Å². The molecular formula is C17H17F6N3O4. The Bertz CT molecular complexity index is 816. The molecule has 2 rings (SSSR count). The lowest BCUT2D eigenvalue weighted by molar-refractivity contribution is -0.384. The number of amides is 1. The van der Waals surface area contributed by atoms with Gasteiger partial charge in [0.05, 0.1) is 4.92 Å². The van der Waals surface area contributed by atoms with E-state index >= 15 is 0 Å². The van der Waals surface area contributed by atoms with Crippen LogP contribution in [0.1, 0.15) is 25.7 Å². The van der Waals surface area contributed by atoms with Gasteiger partial charge in [0.2, 0.25) is 5.78 Å². The minimum atomic E-state index is -5.25. The maximum absolute atomic E-state index is 12.7. The summed E-state index contributed by atoms with van der Waals surface area (Å²) in [6.45, 7) is -0.133. The third-order valence-electron chi connectivity index (χ3n) is 4.92. The van der Waals surface area contributed by atoms with Crippen LogP contribution in [-0.4, -0.2) is 47.6 Å². The highest BCUT2D eigenvalue weighted by Crippen LogP contribution is 2.35. The first-order valence-electron chi connectivity index (χ1n) is 8.73. The maximum atomic E-state index is 12.7. The molecule has 1 aromatic rings. The molecule has 0 aliphatic carbocycles. The number of nitro groups is 1. The predicted octanol–water partition coefficient (Wildman–Crippen LogP) is 3.52. The largest absolute Gasteiger partial charge is 0.471 e. The number of nitrogens with one attached hydrogen (secondary N) is 1. The summed E-state index contributed by atoms with van der Waals surface area (Å²) in [5, 5.41) is 12.9. The van der Waals surface area contributed by atoms with E-state index in [0.29, 0.717) is 0 Å². The summed E-state index contributed by atoms with van der Waals surface area (Å²) >= 11 is 0. The molecule has 0 atom stereocenters. The molecule has 30 heavy (non-hydrogen) atoms. The third kappa shape index (κ3) is 5.60. The fourth-order valence-corrected chi connectivity index (χ4v) is 3.31. The fraction of sp³-hybridized carbons (Fsp3) is 0.529. The standard InChI is InChI=1S/C17H17F6N3O4/c18-16(19,20)13(27)5-6-15(24-14(28)17(21,22)23)7-9-25(10-8-15)11-3-1-2-4-12(11)26(29)30/h1-4H,5-10H2,(H,24,28). The van der Waals surface area contributed by atoms with Crippen LogP contribution in [0.2, 0.25) is 0 Å². The van der Waals surface area contributed by atoms with Crippen molar-refractivity contribution in [1.29, 1.82) is 0 Å². The highest BCUT2D eigenvalue weighted by atomic mass is 19.4. The molecule has 0 aromatic heterocycles. The van der Waals surface area contributed by atoms with Crippen molar-refractivity contribution in [2.75, 3.05) is 18.0 Å². The van der Waals surface area contributed by atoms with Crippen molar-refractivity contribution in [3.05, 3.63) is 34.4 Å². The number of rotatable bonds is 6. The normalized spacial score (nSPS) is 16.8. The highest BCUT2D eigenvalue weighted by Gasteiger charge is 2.47. The van der Waals surface area contributed by atoms with Gasteiger partial charge in [-0.15, -0.1) is 0 Å². The van der Waals surface area contributed by atoms with Gasteiger partial charge in [-0.1, -0.05) is 12.1 Å². The molecule has 0 unspecified atom stereocenters. The van der Waals surface area contributed by atoms with Crippen LogP contribution in [0.5, 0.6) is 0 Å². The van der Waals surface area contributed by atoms with E-state index in [0.717, 1.165) is 0 Å². The Morgan fingerprint density at radius 2 is 1.63 bits per heavy atom. The molecule has 1 N–H and O–H groups in total. The van der Waals surface area contributed by atoms with Crippen molar-refractivity contribution in [3.63, 3.8) is 0 Å². The summed E-state index contributed by atoms with van der Waals surface area (Å²) in [5.41, 5.74) is -1.74. The number of halogens is 6. The number of hydrogen-bond donors (Lipinski definition) is 1. The van der Waals surface area contributed by atoms with Gasteiger partial charge < -0.3 is 10.2 Å². The zero-order valence-electron chi connectivity index (χ0n) is 15.3. The summed E-state index contributed by atoms with van der Waals surface area (Å²) < 4.78 is 75.6. The van der Waals surface area contributed by atoms with E-state index in [1.165, 1.54) is 29.2 Å². The molecule has 0 spiro atoms. The Hall–Kier alpha value is -2.86. The molecule has 7 nitrogen and oxygen atoms in total. The predicted molar refractivity (Wildman–Crippen MR) is 91.8 cm³/mol. The van der Waals surface area contributed by atoms with Crippen LogP contribution >= 0.6 is 0 Å². The maximum Gasteiger partial charge on any atom is 0.471 e. The molecular weight excluding hydrogens is 424 g/mol. The topological polar surface area (TPSA) is 92.6 Å². The Labute approximate surface area is 166 Å². The number of piperidine rings is 1. The van der Waals surface area contributed by atoms with Gasteiger partial charge in [0, 0.05) is 31.1 Å². The van der Waals surface area contributed by atoms with E-state index in [1.54, 1.807) is 5.32 Å². The molecule has 1 aromatic carbocycles. The lowest BCUT2D eigenvalue weighted by Crippen LogP contribution is -2.58. The number of nitrogens with zero attached hydrogens (tertiary/aromatic N) is 2. The average molecular weight is 441 g/mol. The van der Waals surface area contributed by atoms with Gasteiger partial charge in [0.1, 0.15) is 5.69 Å². The van der Waals surface area contributed by atoms with Gasteiger partial charge in [-0.2, -0.15) is 26.3 Å². The van der Waals surface area contributed by atoms with Crippen LogP contribution in [0.4, 0.5) is 37.7 Å². The number of Topliss-reactive ketones (excluding diaryl/α,β-unsaturated/α-hetero) is 1. The SMILES string of the molecule is O=C(CCC1(NC(=O)C(F)(F)F)CCN(c2ccccc2[N+](=O)[O-])CC1)C(F)(F)F. The Morgan fingerprint density at radius 1 is 1.07 bits per heavy atom. The van der Waals surface area contributed by atoms with Crippen molar-refractivity contribution < 1.29 is 40.9 Å². The first-order chi connectivity index (χ1) is 13.8. The number of nitro benzene ring substituents is 1. The van der Waals surface area contributed by atoms with E-state index < -0.39 is 47.3 Å². The molecule has 1 aliphatic heterocycles. The summed E-state index contributed by atoms with van der Waals surface area (Å²) in [5.74, 6) is -4.43. The van der Waals surface area contributed by atoms with Crippen molar-refractivity contribution in [2.45, 2.75) is 43.6 Å². The van der Waals surface area contributed by atoms with Gasteiger partial charge in [0.15, 0.2) is 0 Å². The van der Waals surface area contributed by atoms with Crippen LogP contribution in [0.15, 0.2) is 24.3 Å². The van der Waals surface area contributed by atoms with E-state index in [4.69, 9.17) is 0 Å². The molecule has 0 radical (unpaired) electrons. The smallest absolute Gasteiger partial charge is 0.366 e. The van der Waals surface area contributed by atoms with Crippen molar-refractivity contribution in [3.8, 4) is 0 Å². The zero-order chi connectivity index (χ0) is 22.7. The molecule has 1 fully saturated rings. The molecule has 0 bridgehead atoms. The number of carbonyl (C=O) groups is 2. The molecule has 1 saturated heterocycles. The van der Waals surface area contributed by atoms with Gasteiger partial charge in [-0.25, -0.2) is 0 Å². The summed E-state index contributed by atoms with van der Waals surface area (Å²) in [6.07, 6.45) is -12.6. The van der Waals surface area contributed by atoms with E-state index in [2.05, 4.69) is 0 Å². The van der Waals surface area contributed by atoms with Crippen molar-refractivity contribution in [2.24, 2.45) is 0 Å². The second kappa shape index (κ2) is 8.48. The number of carbonyl (C=O) groups excluding carboxylic acids is 2. The number of alkyl halides is 6. The molecule has 1 heterocycles. The van der Waals surface area contributed by atoms with Crippen LogP contribution in [0.25, 0.3) is 0 Å². The van der Waals surface area contributed by atoms with E-state index in [9.17, 15) is 46.0 Å². The average Bonchev–Trinajstić information content (AvgIpc) is 2.65. The molecule has 13 heteroatoms. The number of ketones is 1. The zero-order valence-corrected chi connectivity index (χ0v) is 15.3.